The summed E-state index contributed by atoms with van der Waals surface area (Å²) in [7, 11) is -21.6. The fourth-order valence-corrected chi connectivity index (χ4v) is 16.1. The first-order chi connectivity index (χ1) is 51.5. The number of ether oxygens (including phenoxy) is 5. The Kier molecular flexibility index (Phi) is 29.2. The minimum Gasteiger partial charge on any atom is -0.491 e. The highest BCUT2D eigenvalue weighted by Gasteiger charge is 2.44. The van der Waals surface area contributed by atoms with E-state index in [2.05, 4.69) is 72.5 Å². The third kappa shape index (κ3) is 23.8. The second kappa shape index (κ2) is 38.2. The topological polar surface area (TPSA) is 561 Å². The van der Waals surface area contributed by atoms with Crippen molar-refractivity contribution in [1.82, 2.24) is 30.1 Å². The molecule has 44 heteroatoms. The number of nitrogens with one attached hydrogen (secondary N) is 2. The summed E-state index contributed by atoms with van der Waals surface area (Å²) in [6, 6.07) is 24.2. The number of para-hydroxylation sites is 1. The van der Waals surface area contributed by atoms with Gasteiger partial charge in [0.2, 0.25) is 5.91 Å². The van der Waals surface area contributed by atoms with E-state index in [1.54, 1.807) is 36.4 Å². The minimum atomic E-state index is -5.87. The second-order valence-electron chi connectivity index (χ2n) is 23.8. The zero-order valence-corrected chi connectivity index (χ0v) is 61.7. The lowest BCUT2D eigenvalue weighted by Gasteiger charge is -2.30. The van der Waals surface area contributed by atoms with Crippen molar-refractivity contribution in [2.75, 3.05) is 95.4 Å². The summed E-state index contributed by atoms with van der Waals surface area (Å²) in [5, 5.41) is 13.0. The number of aromatic nitrogens is 3. The molecule has 39 nitrogen and oxygen atoms in total. The average Bonchev–Trinajstić information content (AvgIpc) is 1.18. The normalized spacial score (nSPS) is 16.4. The van der Waals surface area contributed by atoms with Crippen molar-refractivity contribution in [3.05, 3.63) is 155 Å². The number of phosphoric acid groups is 3. The summed E-state index contributed by atoms with van der Waals surface area (Å²) >= 11 is 1.31. The highest BCUT2D eigenvalue weighted by Crippen LogP contribution is 2.66. The van der Waals surface area contributed by atoms with Crippen LogP contribution in [-0.2, 0) is 71.9 Å². The predicted molar refractivity (Wildman–Crippen MR) is 387 cm³/mol. The fourth-order valence-electron chi connectivity index (χ4n) is 11.5. The number of ketones is 1. The van der Waals surface area contributed by atoms with Crippen LogP contribution in [0.5, 0.6) is 5.75 Å². The Morgan fingerprint density at radius 3 is 2.44 bits per heavy atom. The first kappa shape index (κ1) is 82.7. The van der Waals surface area contributed by atoms with Crippen LogP contribution in [0.25, 0.3) is 63.8 Å². The Labute approximate surface area is 618 Å². The van der Waals surface area contributed by atoms with Crippen molar-refractivity contribution in [1.29, 1.82) is 0 Å². The Bertz CT molecular complexity index is 5010. The molecule has 9 N–H and O–H groups in total. The number of aryl methyl sites for hydroxylation is 1. The van der Waals surface area contributed by atoms with Gasteiger partial charge in [-0.2, -0.15) is 22.0 Å². The Hall–Kier alpha value is -9.32. The van der Waals surface area contributed by atoms with Crippen LogP contribution in [0.3, 0.4) is 0 Å². The van der Waals surface area contributed by atoms with Gasteiger partial charge in [0, 0.05) is 102 Å². The molecule has 2 aliphatic rings. The Morgan fingerprint density at radius 1 is 0.917 bits per heavy atom. The van der Waals surface area contributed by atoms with Crippen LogP contribution in [0.1, 0.15) is 89.9 Å². The maximum absolute atomic E-state index is 15.0. The summed E-state index contributed by atoms with van der Waals surface area (Å²) in [6.07, 6.45) is -2.07. The molecule has 1 fully saturated rings. The Morgan fingerprint density at radius 2 is 1.69 bits per heavy atom. The molecule has 6 unspecified atom stereocenters. The summed E-state index contributed by atoms with van der Waals surface area (Å²) in [5.41, 5.74) is 26.6. The van der Waals surface area contributed by atoms with E-state index < -0.39 is 113 Å². The lowest BCUT2D eigenvalue weighted by Crippen LogP contribution is -2.34. The number of amides is 3. The molecular weight excluding hydrogens is 1520 g/mol. The van der Waals surface area contributed by atoms with Gasteiger partial charge in [0.1, 0.15) is 65.8 Å². The molecule has 7 aromatic rings. The van der Waals surface area contributed by atoms with Crippen molar-refractivity contribution >= 4 is 101 Å². The molecule has 5 heterocycles. The predicted octanol–water partition coefficient (Wildman–Crippen LogP) is 7.43. The van der Waals surface area contributed by atoms with E-state index in [9.17, 15) is 66.0 Å². The maximum atomic E-state index is 15.0. The number of rotatable bonds is 39. The van der Waals surface area contributed by atoms with Gasteiger partial charge in [-0.15, -0.1) is 11.3 Å². The minimum absolute atomic E-state index is 0.0214. The highest BCUT2D eigenvalue weighted by atomic mass is 32.2. The molecule has 3 amide bonds. The number of benzene rings is 4. The summed E-state index contributed by atoms with van der Waals surface area (Å²) in [6.45, 7) is 0.672. The third-order valence-electron chi connectivity index (χ3n) is 16.3. The summed E-state index contributed by atoms with van der Waals surface area (Å²) in [5.74, 6) is 2.72. The molecule has 9 rings (SSSR count). The molecule has 0 bridgehead atoms. The molecule has 6 atom stereocenters. The number of fused-ring (bicyclic) bond motifs is 3. The van der Waals surface area contributed by atoms with Crippen LogP contribution in [0, 0.1) is 11.8 Å². The van der Waals surface area contributed by atoms with E-state index in [0.717, 1.165) is 52.6 Å². The second-order valence-corrected chi connectivity index (χ2v) is 30.8. The lowest BCUT2D eigenvalue weighted by molar-refractivity contribution is -0.126. The molecule has 0 radical (unpaired) electrons. The standard InChI is InChI=1S/C64H73N14O25P3S2/c1-2-76-25-10-15-40-32-47-50(33-49(40)76)101-63(83)58(61-71-48-21-5-6-22-53(48)107-61)57(47)45-19-3-4-20-46(45)62(82)77(27-12-30-108(92,93)94)26-11-17-43(79)16-9-24-69-60(81)41-13-7-18-44(31-41)97-38-55(73-75-67)96-29-28-95-37-54(80)68-23-8-14-42-35-78(64(84)72-59(42)65)56-34-51(98-39-70-74-66)52(100-56)36-99-105(88,89)103-106(90,91)102-104(85,86)87/h3-7,13,18-22,31-33,35,51-52,55-56H,2,9-12,15-17,23-30,34,36-39H2,1H3,(H,68,80)(H,69,81)(H,88,89)(H,90,91)(H2,65,72,84)(H2,85,86,87)(H,92,93,94). The van der Waals surface area contributed by atoms with E-state index in [4.69, 9.17) is 54.1 Å². The molecule has 3 aromatic heterocycles. The van der Waals surface area contributed by atoms with Gasteiger partial charge in [-0.05, 0) is 104 Å². The van der Waals surface area contributed by atoms with Crippen molar-refractivity contribution < 1.29 is 107 Å². The quantitative estimate of drug-likeness (QED) is 0.00271. The molecule has 4 aromatic carbocycles. The first-order valence-corrected chi connectivity index (χ1v) is 40.0. The van der Waals surface area contributed by atoms with Crippen LogP contribution < -0.4 is 37.3 Å². The van der Waals surface area contributed by atoms with E-state index >= 15 is 4.79 Å². The zero-order chi connectivity index (χ0) is 77.8. The third-order valence-corrected chi connectivity index (χ3v) is 22.0. The van der Waals surface area contributed by atoms with E-state index in [0.29, 0.717) is 32.6 Å². The van der Waals surface area contributed by atoms with Crippen LogP contribution in [0.4, 0.5) is 11.5 Å². The van der Waals surface area contributed by atoms with Gasteiger partial charge in [0.25, 0.3) is 21.9 Å². The van der Waals surface area contributed by atoms with Gasteiger partial charge in [-0.25, -0.2) is 28.3 Å². The number of Topliss-reactive ketones (excluding diaryl/α,β-unsaturated/α-hetero) is 1. The SMILES string of the molecule is CCN1CCCc2cc3c(-c4ccccc4C(=O)N(CCCC(=O)CCCNC(=O)c4cccc(OCC(N=[N+]=[N-])OCCOCC(=O)NCC#Cc5cn(C6CC(OCN=[N+]=[N-])C(COP(=O)(O)OP(=O)(O)OP(=O)(O)O)O6)c(=O)nc5N)c4)CCCS(=O)(=O)O)c(-c4nc5ccccc5s4)c(=O)oc3cc21. The van der Waals surface area contributed by atoms with Crippen molar-refractivity contribution in [3.63, 3.8) is 0 Å². The van der Waals surface area contributed by atoms with E-state index in [-0.39, 0.29) is 124 Å². The molecule has 108 heavy (non-hydrogen) atoms. The van der Waals surface area contributed by atoms with Gasteiger partial charge < -0.3 is 73.8 Å². The fraction of sp³-hybridized carbons (Fsp3) is 0.406. The monoisotopic (exact) mass is 1590 g/mol. The number of nitrogen functional groups attached to an aromatic ring is 1. The van der Waals surface area contributed by atoms with Crippen molar-refractivity contribution in [2.45, 2.75) is 83.0 Å². The van der Waals surface area contributed by atoms with E-state index in [1.807, 2.05) is 36.4 Å². The van der Waals surface area contributed by atoms with Crippen LogP contribution >= 0.6 is 34.8 Å². The maximum Gasteiger partial charge on any atom is 0.490 e. The number of carbonyl (C=O) groups excluding carboxylic acids is 4. The number of phosphoric ester groups is 1. The first-order valence-electron chi connectivity index (χ1n) is 33.1. The van der Waals surface area contributed by atoms with Gasteiger partial charge >= 0.3 is 34.8 Å². The molecule has 0 aliphatic carbocycles. The zero-order valence-electron chi connectivity index (χ0n) is 57.4. The number of azide groups is 2. The number of anilines is 2. The largest absolute Gasteiger partial charge is 0.491 e. The number of thiazole rings is 1. The van der Waals surface area contributed by atoms with Gasteiger partial charge in [-0.1, -0.05) is 58.5 Å². The van der Waals surface area contributed by atoms with Crippen LogP contribution in [0.15, 0.2) is 115 Å². The van der Waals surface area contributed by atoms with Gasteiger partial charge in [0.15, 0.2) is 6.23 Å². The lowest BCUT2D eigenvalue weighted by atomic mass is 9.90. The number of carbonyl (C=O) groups is 4. The Balaban J connectivity index is 0.715. The molecule has 2 aliphatic heterocycles. The number of nitrogens with zero attached hydrogens (tertiary/aromatic N) is 11. The van der Waals surface area contributed by atoms with Gasteiger partial charge in [-0.3, -0.25) is 32.8 Å². The number of hydrogen-bond donors (Lipinski definition) is 8. The molecule has 1 saturated heterocycles. The molecule has 0 spiro atoms. The number of hydrogen-bond acceptors (Lipinski definition) is 27. The van der Waals surface area contributed by atoms with E-state index in [1.165, 1.54) is 28.4 Å². The van der Waals surface area contributed by atoms with Crippen molar-refractivity contribution in [3.8, 4) is 39.3 Å². The molecule has 576 valence electrons. The van der Waals surface area contributed by atoms with Crippen molar-refractivity contribution in [2.24, 2.45) is 10.2 Å². The molecular formula is C64H73N14O25P3S2. The smallest absolute Gasteiger partial charge is 0.490 e. The van der Waals surface area contributed by atoms with Gasteiger partial charge in [0.05, 0.1) is 54.0 Å². The van der Waals surface area contributed by atoms with Crippen LogP contribution in [-0.4, -0.2) is 179 Å². The summed E-state index contributed by atoms with van der Waals surface area (Å²) in [4.78, 5) is 136. The number of nitrogens with two attached hydrogens (primary N) is 1. The molecule has 0 saturated carbocycles. The highest BCUT2D eigenvalue weighted by molar-refractivity contribution is 7.85. The summed E-state index contributed by atoms with van der Waals surface area (Å²) < 4.78 is 116. The van der Waals surface area contributed by atoms with Crippen LogP contribution in [0.2, 0.25) is 0 Å². The average molecular weight is 1600 g/mol.